The third-order valence-corrected chi connectivity index (χ3v) is 3.74. The fraction of sp³-hybridized carbons (Fsp3) is 0.538. The number of rotatable bonds is 3. The van der Waals surface area contributed by atoms with Gasteiger partial charge in [0.2, 0.25) is 0 Å². The maximum atomic E-state index is 5.92. The highest BCUT2D eigenvalue weighted by Gasteiger charge is 2.44. The van der Waals surface area contributed by atoms with Crippen LogP contribution in [0.15, 0.2) is 24.3 Å². The van der Waals surface area contributed by atoms with Crippen molar-refractivity contribution in [3.05, 3.63) is 29.3 Å². The van der Waals surface area contributed by atoms with E-state index in [0.29, 0.717) is 0 Å². The molecule has 2 atom stereocenters. The molecule has 1 aromatic rings. The highest BCUT2D eigenvalue weighted by Crippen LogP contribution is 2.44. The molecule has 0 N–H and O–H groups in total. The van der Waals surface area contributed by atoms with Gasteiger partial charge in [-0.05, 0) is 49.4 Å². The van der Waals surface area contributed by atoms with Crippen LogP contribution in [0.1, 0.15) is 26.2 Å². The van der Waals surface area contributed by atoms with Crippen molar-refractivity contribution < 1.29 is 0 Å². The molecule has 0 bridgehead atoms. The molecule has 0 spiro atoms. The summed E-state index contributed by atoms with van der Waals surface area (Å²) in [6, 6.07) is 9.91. The first kappa shape index (κ1) is 9.53. The van der Waals surface area contributed by atoms with E-state index in [0.717, 1.165) is 23.0 Å². The summed E-state index contributed by atoms with van der Waals surface area (Å²) in [6.45, 7) is 2.34. The minimum Gasteiger partial charge on any atom is -0.365 e. The number of halogens is 1. The van der Waals surface area contributed by atoms with E-state index in [9.17, 15) is 0 Å². The molecule has 1 aromatic carbocycles. The molecule has 2 fully saturated rings. The first-order valence-corrected chi connectivity index (χ1v) is 6.17. The van der Waals surface area contributed by atoms with Crippen LogP contribution in [0.4, 0.5) is 5.69 Å². The lowest BCUT2D eigenvalue weighted by molar-refractivity contribution is 0.743. The van der Waals surface area contributed by atoms with Gasteiger partial charge in [0.15, 0.2) is 0 Å². The van der Waals surface area contributed by atoms with Crippen molar-refractivity contribution in [2.75, 3.05) is 4.90 Å². The molecule has 3 rings (SSSR count). The van der Waals surface area contributed by atoms with E-state index < -0.39 is 0 Å². The van der Waals surface area contributed by atoms with Crippen LogP contribution in [-0.4, -0.2) is 12.1 Å². The van der Waals surface area contributed by atoms with E-state index in [1.54, 1.807) is 0 Å². The fourth-order valence-electron chi connectivity index (χ4n) is 2.33. The molecule has 0 heterocycles. The van der Waals surface area contributed by atoms with Crippen LogP contribution in [0.25, 0.3) is 0 Å². The van der Waals surface area contributed by atoms with E-state index in [2.05, 4.69) is 24.0 Å². The van der Waals surface area contributed by atoms with Crippen molar-refractivity contribution in [3.8, 4) is 0 Å². The SMILES string of the molecule is C[C@H]1C[C@@H]1N(c1ccc(Cl)cc1)C1CC1. The fourth-order valence-corrected chi connectivity index (χ4v) is 2.46. The maximum Gasteiger partial charge on any atom is 0.0407 e. The lowest BCUT2D eigenvalue weighted by Crippen LogP contribution is -2.28. The minimum atomic E-state index is 0.790. The highest BCUT2D eigenvalue weighted by atomic mass is 35.5. The van der Waals surface area contributed by atoms with E-state index >= 15 is 0 Å². The average Bonchev–Trinajstić information content (AvgIpc) is 3.10. The van der Waals surface area contributed by atoms with Gasteiger partial charge in [-0.25, -0.2) is 0 Å². The molecule has 2 aliphatic carbocycles. The van der Waals surface area contributed by atoms with Crippen molar-refractivity contribution in [1.29, 1.82) is 0 Å². The van der Waals surface area contributed by atoms with Gasteiger partial charge < -0.3 is 4.90 Å². The van der Waals surface area contributed by atoms with Crippen LogP contribution < -0.4 is 4.90 Å². The third-order valence-electron chi connectivity index (χ3n) is 3.49. The number of hydrogen-bond donors (Lipinski definition) is 0. The Balaban J connectivity index is 1.85. The Morgan fingerprint density at radius 3 is 2.27 bits per heavy atom. The molecule has 1 nitrogen and oxygen atoms in total. The third kappa shape index (κ3) is 1.85. The van der Waals surface area contributed by atoms with Gasteiger partial charge in [-0.1, -0.05) is 18.5 Å². The molecule has 2 saturated carbocycles. The Labute approximate surface area is 96.0 Å². The van der Waals surface area contributed by atoms with Crippen LogP contribution in [0.3, 0.4) is 0 Å². The van der Waals surface area contributed by atoms with Gasteiger partial charge in [-0.3, -0.25) is 0 Å². The maximum absolute atomic E-state index is 5.92. The quantitative estimate of drug-likeness (QED) is 0.752. The summed E-state index contributed by atoms with van der Waals surface area (Å²) in [5.41, 5.74) is 1.36. The Morgan fingerprint density at radius 2 is 1.80 bits per heavy atom. The molecule has 15 heavy (non-hydrogen) atoms. The van der Waals surface area contributed by atoms with E-state index in [1.807, 2.05) is 12.1 Å². The van der Waals surface area contributed by atoms with Crippen LogP contribution in [0.5, 0.6) is 0 Å². The van der Waals surface area contributed by atoms with Crippen LogP contribution in [0, 0.1) is 5.92 Å². The zero-order valence-corrected chi connectivity index (χ0v) is 9.74. The second-order valence-corrected chi connectivity index (χ2v) is 5.33. The topological polar surface area (TPSA) is 3.24 Å². The Bertz CT molecular complexity index is 355. The number of nitrogens with zero attached hydrogens (tertiary/aromatic N) is 1. The van der Waals surface area contributed by atoms with Gasteiger partial charge in [-0.2, -0.15) is 0 Å². The zero-order chi connectivity index (χ0) is 10.4. The predicted molar refractivity (Wildman–Crippen MR) is 64.5 cm³/mol. The summed E-state index contributed by atoms with van der Waals surface area (Å²) in [4.78, 5) is 2.61. The van der Waals surface area contributed by atoms with Crippen LogP contribution in [0.2, 0.25) is 5.02 Å². The molecule has 80 valence electrons. The van der Waals surface area contributed by atoms with Gasteiger partial charge in [0, 0.05) is 22.8 Å². The van der Waals surface area contributed by atoms with Crippen molar-refractivity contribution in [3.63, 3.8) is 0 Å². The summed E-state index contributed by atoms with van der Waals surface area (Å²) >= 11 is 5.92. The zero-order valence-electron chi connectivity index (χ0n) is 8.99. The van der Waals surface area contributed by atoms with Crippen LogP contribution >= 0.6 is 11.6 Å². The monoisotopic (exact) mass is 221 g/mol. The van der Waals surface area contributed by atoms with Gasteiger partial charge in [0.1, 0.15) is 0 Å². The molecular weight excluding hydrogens is 206 g/mol. The van der Waals surface area contributed by atoms with Crippen molar-refractivity contribution in [2.24, 2.45) is 5.92 Å². The molecule has 0 aromatic heterocycles. The van der Waals surface area contributed by atoms with Gasteiger partial charge in [0.05, 0.1) is 0 Å². The lowest BCUT2D eigenvalue weighted by Gasteiger charge is -2.25. The summed E-state index contributed by atoms with van der Waals surface area (Å²) < 4.78 is 0. The van der Waals surface area contributed by atoms with Crippen molar-refractivity contribution in [2.45, 2.75) is 38.3 Å². The first-order chi connectivity index (χ1) is 7.25. The summed E-state index contributed by atoms with van der Waals surface area (Å²) in [7, 11) is 0. The Kier molecular flexibility index (Phi) is 2.17. The second-order valence-electron chi connectivity index (χ2n) is 4.90. The molecule has 0 amide bonds. The average molecular weight is 222 g/mol. The normalized spacial score (nSPS) is 28.9. The number of hydrogen-bond acceptors (Lipinski definition) is 1. The Morgan fingerprint density at radius 1 is 1.20 bits per heavy atom. The van der Waals surface area contributed by atoms with Gasteiger partial charge in [0.25, 0.3) is 0 Å². The predicted octanol–water partition coefficient (Wildman–Crippen LogP) is 3.72. The number of anilines is 1. The standard InChI is InChI=1S/C13H16ClN/c1-9-8-13(9)15(12-6-7-12)11-4-2-10(14)3-5-11/h2-5,9,12-13H,6-8H2,1H3/t9-,13-/m0/s1. The van der Waals surface area contributed by atoms with Crippen molar-refractivity contribution >= 4 is 17.3 Å². The van der Waals surface area contributed by atoms with Gasteiger partial charge in [-0.15, -0.1) is 0 Å². The molecule has 2 aliphatic rings. The molecular formula is C13H16ClN. The van der Waals surface area contributed by atoms with E-state index in [-0.39, 0.29) is 0 Å². The smallest absolute Gasteiger partial charge is 0.0407 e. The molecule has 0 saturated heterocycles. The summed E-state index contributed by atoms with van der Waals surface area (Å²) in [6.07, 6.45) is 4.09. The first-order valence-electron chi connectivity index (χ1n) is 5.79. The van der Waals surface area contributed by atoms with E-state index in [4.69, 9.17) is 11.6 Å². The van der Waals surface area contributed by atoms with Crippen molar-refractivity contribution in [1.82, 2.24) is 0 Å². The highest BCUT2D eigenvalue weighted by molar-refractivity contribution is 6.30. The van der Waals surface area contributed by atoms with E-state index in [1.165, 1.54) is 24.9 Å². The largest absolute Gasteiger partial charge is 0.365 e. The molecule has 0 radical (unpaired) electrons. The molecule has 2 heteroatoms. The second kappa shape index (κ2) is 3.41. The Hall–Kier alpha value is -0.690. The molecule has 0 unspecified atom stereocenters. The summed E-state index contributed by atoms with van der Waals surface area (Å²) in [5, 5.41) is 0.832. The summed E-state index contributed by atoms with van der Waals surface area (Å²) in [5.74, 6) is 0.876. The van der Waals surface area contributed by atoms with Crippen LogP contribution in [-0.2, 0) is 0 Å². The lowest BCUT2D eigenvalue weighted by atomic mass is 10.2. The minimum absolute atomic E-state index is 0.790. The number of benzene rings is 1. The molecule has 0 aliphatic heterocycles. The van der Waals surface area contributed by atoms with Gasteiger partial charge >= 0.3 is 0 Å².